The fraction of sp³-hybridized carbons (Fsp3) is 0.263. The second-order valence-electron chi connectivity index (χ2n) is 5.37. The Morgan fingerprint density at radius 2 is 1.58 bits per heavy atom. The van der Waals surface area contributed by atoms with E-state index in [4.69, 9.17) is 17.0 Å². The average molecular weight is 341 g/mol. The number of nitrogens with one attached hydrogen (secondary N) is 2. The van der Waals surface area contributed by atoms with Crippen molar-refractivity contribution in [2.24, 2.45) is 5.10 Å². The second kappa shape index (κ2) is 9.80. The fourth-order valence-electron chi connectivity index (χ4n) is 2.48. The van der Waals surface area contributed by atoms with Gasteiger partial charge in [0.2, 0.25) is 0 Å². The Balaban J connectivity index is 2.15. The minimum Gasteiger partial charge on any atom is -0.383 e. The molecule has 2 rings (SSSR count). The van der Waals surface area contributed by atoms with Crippen molar-refractivity contribution >= 4 is 23.0 Å². The first-order valence-electron chi connectivity index (χ1n) is 7.89. The molecule has 0 radical (unpaired) electrons. The van der Waals surface area contributed by atoms with Crippen LogP contribution in [0.2, 0.25) is 0 Å². The minimum absolute atomic E-state index is 0.0849. The lowest BCUT2D eigenvalue weighted by molar-refractivity contribution is 0.204. The monoisotopic (exact) mass is 341 g/mol. The highest BCUT2D eigenvalue weighted by molar-refractivity contribution is 7.80. The highest BCUT2D eigenvalue weighted by Gasteiger charge is 2.17. The van der Waals surface area contributed by atoms with Gasteiger partial charge in [0.05, 0.1) is 6.61 Å². The number of hydrogen-bond acceptors (Lipinski definition) is 3. The number of ether oxygens (including phenoxy) is 1. The molecule has 0 saturated heterocycles. The van der Waals surface area contributed by atoms with E-state index in [2.05, 4.69) is 40.1 Å². The quantitative estimate of drug-likeness (QED) is 0.351. The maximum atomic E-state index is 5.22. The summed E-state index contributed by atoms with van der Waals surface area (Å²) >= 11 is 5.22. The first kappa shape index (κ1) is 18.1. The van der Waals surface area contributed by atoms with Crippen LogP contribution in [0.25, 0.3) is 0 Å². The molecule has 2 aromatic rings. The van der Waals surface area contributed by atoms with Gasteiger partial charge in [0.25, 0.3) is 0 Å². The van der Waals surface area contributed by atoms with Gasteiger partial charge in [-0.15, -0.1) is 0 Å². The van der Waals surface area contributed by atoms with Crippen molar-refractivity contribution in [2.75, 3.05) is 20.3 Å². The smallest absolute Gasteiger partial charge is 0.187 e. The summed E-state index contributed by atoms with van der Waals surface area (Å²) in [5.74, 6) is 0.0849. The van der Waals surface area contributed by atoms with E-state index in [9.17, 15) is 0 Å². The van der Waals surface area contributed by atoms with Gasteiger partial charge in [-0.05, 0) is 30.3 Å². The maximum Gasteiger partial charge on any atom is 0.187 e. The van der Waals surface area contributed by atoms with Crippen molar-refractivity contribution in [2.45, 2.75) is 12.8 Å². The number of methoxy groups -OCH3 is 1. The van der Waals surface area contributed by atoms with Crippen molar-refractivity contribution < 1.29 is 4.74 Å². The van der Waals surface area contributed by atoms with Crippen LogP contribution in [-0.4, -0.2) is 31.1 Å². The summed E-state index contributed by atoms with van der Waals surface area (Å²) in [7, 11) is 1.66. The van der Waals surface area contributed by atoms with Crippen LogP contribution in [-0.2, 0) is 4.74 Å². The number of thiocarbonyl (C=S) groups is 1. The highest BCUT2D eigenvalue weighted by atomic mass is 32.1. The molecule has 0 aliphatic rings. The lowest BCUT2D eigenvalue weighted by Crippen LogP contribution is -2.35. The normalized spacial score (nSPS) is 11.4. The lowest BCUT2D eigenvalue weighted by Gasteiger charge is -2.18. The molecule has 5 heteroatoms. The number of nitrogens with zero attached hydrogens (tertiary/aromatic N) is 1. The van der Waals surface area contributed by atoms with Crippen molar-refractivity contribution in [3.8, 4) is 0 Å². The van der Waals surface area contributed by atoms with Crippen molar-refractivity contribution in [3.05, 3.63) is 71.8 Å². The number of benzene rings is 2. The van der Waals surface area contributed by atoms with E-state index in [0.29, 0.717) is 18.3 Å². The van der Waals surface area contributed by atoms with Gasteiger partial charge in [-0.25, -0.2) is 0 Å². The van der Waals surface area contributed by atoms with E-state index in [0.717, 1.165) is 5.71 Å². The van der Waals surface area contributed by atoms with Crippen LogP contribution in [0.5, 0.6) is 0 Å². The standard InChI is InChI=1S/C19H23N3OS/c1-15(21-22-19(24)20-13-14-23-2)18(16-9-5-3-6-10-16)17-11-7-4-8-12-17/h3-12,18H,13-14H2,1-2H3,(H2,20,22,24)/b21-15-. The van der Waals surface area contributed by atoms with Crippen LogP contribution >= 0.6 is 12.2 Å². The van der Waals surface area contributed by atoms with E-state index >= 15 is 0 Å². The van der Waals surface area contributed by atoms with Gasteiger partial charge in [-0.1, -0.05) is 60.7 Å². The number of hydrogen-bond donors (Lipinski definition) is 2. The van der Waals surface area contributed by atoms with Crippen LogP contribution in [0, 0.1) is 0 Å². The van der Waals surface area contributed by atoms with Crippen LogP contribution in [0.15, 0.2) is 65.8 Å². The third-order valence-electron chi connectivity index (χ3n) is 3.61. The zero-order valence-electron chi connectivity index (χ0n) is 14.0. The molecular formula is C19H23N3OS. The molecule has 2 aromatic carbocycles. The Hall–Kier alpha value is -2.24. The lowest BCUT2D eigenvalue weighted by atomic mass is 9.88. The Bertz CT molecular complexity index is 619. The SMILES string of the molecule is COCCNC(=S)N/N=C(/C)C(c1ccccc1)c1ccccc1. The van der Waals surface area contributed by atoms with Crippen LogP contribution in [0.3, 0.4) is 0 Å². The van der Waals surface area contributed by atoms with Gasteiger partial charge in [0.15, 0.2) is 5.11 Å². The van der Waals surface area contributed by atoms with Gasteiger partial charge < -0.3 is 10.1 Å². The summed E-state index contributed by atoms with van der Waals surface area (Å²) in [6, 6.07) is 20.7. The largest absolute Gasteiger partial charge is 0.383 e. The summed E-state index contributed by atoms with van der Waals surface area (Å²) in [4.78, 5) is 0. The second-order valence-corrected chi connectivity index (χ2v) is 5.78. The van der Waals surface area contributed by atoms with Crippen LogP contribution in [0.4, 0.5) is 0 Å². The first-order chi connectivity index (χ1) is 11.7. The van der Waals surface area contributed by atoms with E-state index in [-0.39, 0.29) is 5.92 Å². The Morgan fingerprint density at radius 3 is 2.08 bits per heavy atom. The topological polar surface area (TPSA) is 45.6 Å². The third kappa shape index (κ3) is 5.44. The molecule has 0 saturated carbocycles. The molecule has 0 aliphatic heterocycles. The van der Waals surface area contributed by atoms with Gasteiger partial charge in [-0.2, -0.15) is 5.10 Å². The highest BCUT2D eigenvalue weighted by Crippen LogP contribution is 2.25. The Morgan fingerprint density at radius 1 is 1.04 bits per heavy atom. The molecule has 0 aliphatic carbocycles. The van der Waals surface area contributed by atoms with Gasteiger partial charge >= 0.3 is 0 Å². The predicted molar refractivity (Wildman–Crippen MR) is 103 cm³/mol. The summed E-state index contributed by atoms with van der Waals surface area (Å²) in [6.07, 6.45) is 0. The molecule has 0 fully saturated rings. The molecule has 0 unspecified atom stereocenters. The van der Waals surface area contributed by atoms with E-state index in [1.54, 1.807) is 7.11 Å². The molecule has 0 aromatic heterocycles. The maximum absolute atomic E-state index is 5.22. The zero-order valence-corrected chi connectivity index (χ0v) is 14.8. The van der Waals surface area contributed by atoms with Crippen LogP contribution < -0.4 is 10.7 Å². The third-order valence-corrected chi connectivity index (χ3v) is 3.84. The molecule has 126 valence electrons. The summed E-state index contributed by atoms with van der Waals surface area (Å²) in [5.41, 5.74) is 6.26. The number of rotatable bonds is 7. The van der Waals surface area contributed by atoms with Gasteiger partial charge in [-0.3, -0.25) is 5.43 Å². The van der Waals surface area contributed by atoms with Gasteiger partial charge in [0, 0.05) is 25.3 Å². The zero-order chi connectivity index (χ0) is 17.2. The first-order valence-corrected chi connectivity index (χ1v) is 8.30. The molecule has 0 amide bonds. The van der Waals surface area contributed by atoms with Crippen molar-refractivity contribution in [3.63, 3.8) is 0 Å². The van der Waals surface area contributed by atoms with E-state index < -0.39 is 0 Å². The molecule has 0 heterocycles. The number of hydrazone groups is 1. The predicted octanol–water partition coefficient (Wildman–Crippen LogP) is 3.30. The minimum atomic E-state index is 0.0849. The molecule has 2 N–H and O–H groups in total. The molecule has 0 bridgehead atoms. The summed E-state index contributed by atoms with van der Waals surface area (Å²) in [6.45, 7) is 3.26. The van der Waals surface area contributed by atoms with Crippen LogP contribution in [0.1, 0.15) is 24.0 Å². The van der Waals surface area contributed by atoms with E-state index in [1.165, 1.54) is 11.1 Å². The molecule has 24 heavy (non-hydrogen) atoms. The molecule has 0 spiro atoms. The Labute approximate surface area is 148 Å². The van der Waals surface area contributed by atoms with Crippen molar-refractivity contribution in [1.82, 2.24) is 10.7 Å². The van der Waals surface area contributed by atoms with Gasteiger partial charge in [0.1, 0.15) is 0 Å². The summed E-state index contributed by atoms with van der Waals surface area (Å²) < 4.78 is 4.99. The summed E-state index contributed by atoms with van der Waals surface area (Å²) in [5, 5.41) is 8.02. The van der Waals surface area contributed by atoms with E-state index in [1.807, 2.05) is 43.3 Å². The molecular weight excluding hydrogens is 318 g/mol. The molecule has 0 atom stereocenters. The fourth-order valence-corrected chi connectivity index (χ4v) is 2.62. The average Bonchev–Trinajstić information content (AvgIpc) is 2.62. The molecule has 4 nitrogen and oxygen atoms in total. The Kier molecular flexibility index (Phi) is 7.39. The van der Waals surface area contributed by atoms with Crippen molar-refractivity contribution in [1.29, 1.82) is 0 Å².